The Balaban J connectivity index is 1.53. The third-order valence-corrected chi connectivity index (χ3v) is 6.62. The summed E-state index contributed by atoms with van der Waals surface area (Å²) in [5.74, 6) is -0.677. The minimum atomic E-state index is -0.466. The molecule has 4 heterocycles. The van der Waals surface area contributed by atoms with Crippen LogP contribution in [0.5, 0.6) is 0 Å². The maximum absolute atomic E-state index is 12.9. The fourth-order valence-electron chi connectivity index (χ4n) is 4.20. The van der Waals surface area contributed by atoms with Gasteiger partial charge in [-0.15, -0.1) is 11.3 Å². The maximum Gasteiger partial charge on any atom is 0.410 e. The largest absolute Gasteiger partial charge is 0.462 e. The number of ether oxygens (including phenoxy) is 2. The minimum Gasteiger partial charge on any atom is -0.462 e. The Labute approximate surface area is 184 Å². The van der Waals surface area contributed by atoms with Crippen molar-refractivity contribution in [3.8, 4) is 0 Å². The Morgan fingerprint density at radius 1 is 1.35 bits per heavy atom. The van der Waals surface area contributed by atoms with Gasteiger partial charge in [-0.25, -0.2) is 14.6 Å². The van der Waals surface area contributed by atoms with Crippen LogP contribution in [0.4, 0.5) is 10.5 Å². The fourth-order valence-corrected chi connectivity index (χ4v) is 5.34. The van der Waals surface area contributed by atoms with Gasteiger partial charge in [-0.3, -0.25) is 9.69 Å². The van der Waals surface area contributed by atoms with Crippen LogP contribution in [0.3, 0.4) is 0 Å². The van der Waals surface area contributed by atoms with Crippen molar-refractivity contribution in [3.05, 3.63) is 22.2 Å². The molecule has 1 N–H and O–H groups in total. The summed E-state index contributed by atoms with van der Waals surface area (Å²) < 4.78 is 10.3. The predicted octanol–water partition coefficient (Wildman–Crippen LogP) is 2.55. The lowest BCUT2D eigenvalue weighted by atomic mass is 10.1. The zero-order chi connectivity index (χ0) is 22.1. The minimum absolute atomic E-state index is 0.0642. The van der Waals surface area contributed by atoms with E-state index in [-0.39, 0.29) is 31.2 Å². The molecule has 0 bridgehead atoms. The summed E-state index contributed by atoms with van der Waals surface area (Å²) in [6.45, 7) is 8.18. The average Bonchev–Trinajstić information content (AvgIpc) is 3.06. The van der Waals surface area contributed by atoms with Crippen LogP contribution in [0.25, 0.3) is 10.2 Å². The van der Waals surface area contributed by atoms with E-state index < -0.39 is 5.97 Å². The van der Waals surface area contributed by atoms with Crippen molar-refractivity contribution >= 4 is 45.2 Å². The molecule has 0 aliphatic carbocycles. The Bertz CT molecular complexity index is 1040. The van der Waals surface area contributed by atoms with Crippen LogP contribution < -0.4 is 5.32 Å². The summed E-state index contributed by atoms with van der Waals surface area (Å²) in [5, 5.41) is 3.72. The molecule has 0 aromatic carbocycles. The number of carbonyl (C=O) groups excluding carboxylic acids is 3. The van der Waals surface area contributed by atoms with Crippen LogP contribution in [-0.2, 0) is 14.3 Å². The number of piperazine rings is 1. The maximum atomic E-state index is 12.9. The standard InChI is InChI=1S/C21H26N4O5S/c1-4-29-20(27)18-17(16-12(2)9-13(3)22-19(16)31-18)23-15(26)11-24-6-7-25-14(10-24)5-8-30-21(25)28/h9,14H,4-8,10-11H2,1-3H3,(H,23,26). The second-order valence-corrected chi connectivity index (χ2v) is 8.82. The first-order valence-corrected chi connectivity index (χ1v) is 11.2. The van der Waals surface area contributed by atoms with Crippen LogP contribution in [0.15, 0.2) is 6.07 Å². The third-order valence-electron chi connectivity index (χ3n) is 5.56. The highest BCUT2D eigenvalue weighted by atomic mass is 32.1. The van der Waals surface area contributed by atoms with E-state index in [0.29, 0.717) is 41.6 Å². The van der Waals surface area contributed by atoms with Crippen LogP contribution in [0, 0.1) is 13.8 Å². The Morgan fingerprint density at radius 2 is 2.16 bits per heavy atom. The number of esters is 1. The summed E-state index contributed by atoms with van der Waals surface area (Å²) in [7, 11) is 0. The van der Waals surface area contributed by atoms with Gasteiger partial charge in [-0.1, -0.05) is 0 Å². The van der Waals surface area contributed by atoms with E-state index in [4.69, 9.17) is 9.47 Å². The van der Waals surface area contributed by atoms with Crippen molar-refractivity contribution in [1.29, 1.82) is 0 Å². The molecule has 2 aromatic rings. The van der Waals surface area contributed by atoms with Crippen LogP contribution in [-0.4, -0.2) is 78.2 Å². The molecular formula is C21H26N4O5S. The molecule has 4 rings (SSSR count). The monoisotopic (exact) mass is 446 g/mol. The quantitative estimate of drug-likeness (QED) is 0.705. The summed E-state index contributed by atoms with van der Waals surface area (Å²) in [6, 6.07) is 2.00. The second-order valence-electron chi connectivity index (χ2n) is 7.82. The molecular weight excluding hydrogens is 420 g/mol. The number of amides is 2. The summed E-state index contributed by atoms with van der Waals surface area (Å²) in [5.41, 5.74) is 2.26. The number of thiophene rings is 1. The first kappa shape index (κ1) is 21.5. The lowest BCUT2D eigenvalue weighted by Gasteiger charge is -2.42. The van der Waals surface area contributed by atoms with Crippen molar-refractivity contribution in [2.75, 3.05) is 44.7 Å². The number of carbonyl (C=O) groups is 3. The van der Waals surface area contributed by atoms with E-state index >= 15 is 0 Å². The summed E-state index contributed by atoms with van der Waals surface area (Å²) in [6.07, 6.45) is 0.485. The number of rotatable bonds is 5. The third kappa shape index (κ3) is 4.35. The molecule has 9 nitrogen and oxygen atoms in total. The van der Waals surface area contributed by atoms with Gasteiger partial charge >= 0.3 is 12.1 Å². The molecule has 0 radical (unpaired) electrons. The number of nitrogens with one attached hydrogen (secondary N) is 1. The highest BCUT2D eigenvalue weighted by molar-refractivity contribution is 7.21. The number of aryl methyl sites for hydroxylation is 2. The van der Waals surface area contributed by atoms with Crippen molar-refractivity contribution in [2.24, 2.45) is 0 Å². The Hall–Kier alpha value is -2.72. The SMILES string of the molecule is CCOC(=O)c1sc2nc(C)cc(C)c2c1NC(=O)CN1CCN2C(=O)OCCC2C1. The number of aromatic nitrogens is 1. The van der Waals surface area contributed by atoms with Crippen LogP contribution in [0.2, 0.25) is 0 Å². The second kappa shape index (κ2) is 8.80. The first-order chi connectivity index (χ1) is 14.9. The smallest absolute Gasteiger partial charge is 0.410 e. The number of cyclic esters (lactones) is 1. The molecule has 2 aliphatic rings. The molecule has 1 atom stereocenters. The van der Waals surface area contributed by atoms with E-state index in [1.807, 2.05) is 24.8 Å². The highest BCUT2D eigenvalue weighted by Crippen LogP contribution is 2.37. The Kier molecular flexibility index (Phi) is 6.10. The van der Waals surface area contributed by atoms with E-state index in [2.05, 4.69) is 10.3 Å². The van der Waals surface area contributed by atoms with Crippen molar-refractivity contribution in [1.82, 2.24) is 14.8 Å². The van der Waals surface area contributed by atoms with E-state index in [0.717, 1.165) is 23.1 Å². The van der Waals surface area contributed by atoms with Gasteiger partial charge < -0.3 is 19.7 Å². The normalized spacial score (nSPS) is 19.1. The van der Waals surface area contributed by atoms with E-state index in [9.17, 15) is 14.4 Å². The summed E-state index contributed by atoms with van der Waals surface area (Å²) >= 11 is 1.23. The van der Waals surface area contributed by atoms with Gasteiger partial charge in [0.25, 0.3) is 0 Å². The van der Waals surface area contributed by atoms with Crippen LogP contribution >= 0.6 is 11.3 Å². The van der Waals surface area contributed by atoms with Gasteiger partial charge in [-0.05, 0) is 32.4 Å². The number of pyridine rings is 1. The molecule has 10 heteroatoms. The molecule has 0 spiro atoms. The fraction of sp³-hybridized carbons (Fsp3) is 0.524. The molecule has 31 heavy (non-hydrogen) atoms. The lowest BCUT2D eigenvalue weighted by molar-refractivity contribution is -0.118. The molecule has 166 valence electrons. The van der Waals surface area contributed by atoms with Gasteiger partial charge in [0.05, 0.1) is 31.5 Å². The van der Waals surface area contributed by atoms with Gasteiger partial charge in [0, 0.05) is 37.1 Å². The van der Waals surface area contributed by atoms with E-state index in [1.165, 1.54) is 11.3 Å². The van der Waals surface area contributed by atoms with Crippen LogP contribution in [0.1, 0.15) is 34.3 Å². The molecule has 2 amide bonds. The lowest BCUT2D eigenvalue weighted by Crippen LogP contribution is -2.58. The average molecular weight is 447 g/mol. The zero-order valence-corrected chi connectivity index (χ0v) is 18.7. The molecule has 2 aliphatic heterocycles. The number of hydrogen-bond donors (Lipinski definition) is 1. The molecule has 2 aromatic heterocycles. The topological polar surface area (TPSA) is 101 Å². The summed E-state index contributed by atoms with van der Waals surface area (Å²) in [4.78, 5) is 46.7. The predicted molar refractivity (Wildman–Crippen MR) is 117 cm³/mol. The van der Waals surface area contributed by atoms with Crippen molar-refractivity contribution < 1.29 is 23.9 Å². The van der Waals surface area contributed by atoms with Crippen molar-refractivity contribution in [3.63, 3.8) is 0 Å². The van der Waals surface area contributed by atoms with Gasteiger partial charge in [0.1, 0.15) is 9.71 Å². The number of fused-ring (bicyclic) bond motifs is 2. The first-order valence-electron chi connectivity index (χ1n) is 10.4. The van der Waals surface area contributed by atoms with Gasteiger partial charge in [0.15, 0.2) is 0 Å². The molecule has 1 unspecified atom stereocenters. The zero-order valence-electron chi connectivity index (χ0n) is 17.9. The number of anilines is 1. The molecule has 0 saturated carbocycles. The number of nitrogens with zero attached hydrogens (tertiary/aromatic N) is 3. The highest BCUT2D eigenvalue weighted by Gasteiger charge is 2.35. The number of hydrogen-bond acceptors (Lipinski definition) is 8. The Morgan fingerprint density at radius 3 is 2.94 bits per heavy atom. The van der Waals surface area contributed by atoms with Crippen molar-refractivity contribution in [2.45, 2.75) is 33.2 Å². The van der Waals surface area contributed by atoms with E-state index in [1.54, 1.807) is 11.8 Å². The van der Waals surface area contributed by atoms with Gasteiger partial charge in [-0.2, -0.15) is 0 Å². The molecule has 2 fully saturated rings. The van der Waals surface area contributed by atoms with Gasteiger partial charge in [0.2, 0.25) is 5.91 Å². The molecule has 2 saturated heterocycles.